The van der Waals surface area contributed by atoms with Crippen LogP contribution in [0.1, 0.15) is 57.4 Å². The minimum atomic E-state index is -3.48. The maximum absolute atomic E-state index is 13.0. The number of carbonyl (C=O) groups is 1. The van der Waals surface area contributed by atoms with Gasteiger partial charge < -0.3 is 5.32 Å². The third-order valence-corrected chi connectivity index (χ3v) is 8.06. The minimum absolute atomic E-state index is 0.00268. The number of carbonyl (C=O) groups excluding carboxylic acids is 1. The van der Waals surface area contributed by atoms with Crippen LogP contribution in [0.25, 0.3) is 0 Å². The monoisotopic (exact) mass is 407 g/mol. The summed E-state index contributed by atoms with van der Waals surface area (Å²) in [6.07, 6.45) is 6.26. The van der Waals surface area contributed by atoms with Crippen molar-refractivity contribution in [3.8, 4) is 0 Å². The van der Waals surface area contributed by atoms with E-state index >= 15 is 0 Å². The zero-order valence-electron chi connectivity index (χ0n) is 17.1. The van der Waals surface area contributed by atoms with Crippen molar-refractivity contribution in [2.75, 3.05) is 32.7 Å². The number of hydrogen-bond donors (Lipinski definition) is 1. The highest BCUT2D eigenvalue weighted by molar-refractivity contribution is 7.89. The summed E-state index contributed by atoms with van der Waals surface area (Å²) < 4.78 is 27.6. The Morgan fingerprint density at radius 2 is 1.68 bits per heavy atom. The van der Waals surface area contributed by atoms with E-state index in [1.165, 1.54) is 37.7 Å². The molecule has 0 spiro atoms. The van der Waals surface area contributed by atoms with E-state index in [0.717, 1.165) is 0 Å². The molecule has 1 aromatic carbocycles. The zero-order valence-corrected chi connectivity index (χ0v) is 17.9. The molecule has 0 unspecified atom stereocenters. The van der Waals surface area contributed by atoms with Gasteiger partial charge in [0.15, 0.2) is 0 Å². The number of nitrogens with zero attached hydrogens (tertiary/aromatic N) is 2. The summed E-state index contributed by atoms with van der Waals surface area (Å²) in [7, 11) is -3.48. The Morgan fingerprint density at radius 3 is 2.25 bits per heavy atom. The van der Waals surface area contributed by atoms with E-state index in [1.807, 2.05) is 30.9 Å². The number of piperazine rings is 1. The lowest BCUT2D eigenvalue weighted by Gasteiger charge is -2.36. The van der Waals surface area contributed by atoms with E-state index in [1.54, 1.807) is 16.4 Å². The number of benzene rings is 1. The molecule has 0 bridgehead atoms. The number of nitrogens with one attached hydrogen (secondary N) is 1. The maximum Gasteiger partial charge on any atom is 0.243 e. The molecule has 1 saturated carbocycles. The van der Waals surface area contributed by atoms with Gasteiger partial charge in [0.1, 0.15) is 0 Å². The third-order valence-electron chi connectivity index (χ3n) is 6.15. The molecule has 2 fully saturated rings. The molecular formula is C21H33N3O3S. The van der Waals surface area contributed by atoms with Gasteiger partial charge in [-0.25, -0.2) is 8.42 Å². The topological polar surface area (TPSA) is 69.7 Å². The average Bonchev–Trinajstić information content (AvgIpc) is 2.74. The first-order valence-corrected chi connectivity index (χ1v) is 12.0. The van der Waals surface area contributed by atoms with Crippen LogP contribution in [-0.4, -0.2) is 62.3 Å². The minimum Gasteiger partial charge on any atom is -0.355 e. The molecule has 7 heteroatoms. The normalized spacial score (nSPS) is 21.4. The molecule has 1 amide bonds. The summed E-state index contributed by atoms with van der Waals surface area (Å²) in [5.41, 5.74) is 1.26. The quantitative estimate of drug-likeness (QED) is 0.787. The Kier molecular flexibility index (Phi) is 7.12. The van der Waals surface area contributed by atoms with E-state index in [0.29, 0.717) is 43.5 Å². The van der Waals surface area contributed by atoms with Crippen LogP contribution < -0.4 is 5.32 Å². The molecule has 1 N–H and O–H groups in total. The van der Waals surface area contributed by atoms with Gasteiger partial charge in [-0.15, -0.1) is 0 Å². The van der Waals surface area contributed by atoms with Gasteiger partial charge >= 0.3 is 0 Å². The second-order valence-electron chi connectivity index (χ2n) is 7.91. The Balaban J connectivity index is 1.61. The first-order valence-electron chi connectivity index (χ1n) is 10.6. The lowest BCUT2D eigenvalue weighted by molar-refractivity contribution is -0.126. The lowest BCUT2D eigenvalue weighted by atomic mass is 9.84. The van der Waals surface area contributed by atoms with Gasteiger partial charge in [-0.3, -0.25) is 9.69 Å². The fourth-order valence-electron chi connectivity index (χ4n) is 4.32. The molecule has 1 aliphatic heterocycles. The van der Waals surface area contributed by atoms with Gasteiger partial charge in [0.05, 0.1) is 10.9 Å². The molecule has 0 radical (unpaired) electrons. The highest BCUT2D eigenvalue weighted by Crippen LogP contribution is 2.33. The number of sulfonamides is 1. The van der Waals surface area contributed by atoms with Crippen molar-refractivity contribution >= 4 is 15.9 Å². The summed E-state index contributed by atoms with van der Waals surface area (Å²) in [5, 5.41) is 2.83. The summed E-state index contributed by atoms with van der Waals surface area (Å²) in [6.45, 7) is 6.34. The molecule has 1 saturated heterocycles. The van der Waals surface area contributed by atoms with E-state index in [9.17, 15) is 13.2 Å². The Morgan fingerprint density at radius 1 is 1.07 bits per heavy atom. The standard InChI is InChI=1S/C21H33N3O3S/c1-3-22-21(25)17(2)23-13-15-24(16-14-23)28(26,27)20-11-9-19(10-12-20)18-7-5-4-6-8-18/h9-12,17-18H,3-8,13-16H2,1-2H3,(H,22,25)/t17-/m0/s1. The van der Waals surface area contributed by atoms with Gasteiger partial charge in [-0.05, 0) is 50.3 Å². The zero-order chi connectivity index (χ0) is 20.1. The molecule has 156 valence electrons. The van der Waals surface area contributed by atoms with Crippen molar-refractivity contribution in [3.63, 3.8) is 0 Å². The molecule has 1 aliphatic carbocycles. The van der Waals surface area contributed by atoms with Crippen molar-refractivity contribution < 1.29 is 13.2 Å². The second kappa shape index (κ2) is 9.37. The second-order valence-corrected chi connectivity index (χ2v) is 9.85. The largest absolute Gasteiger partial charge is 0.355 e. The molecule has 6 nitrogen and oxygen atoms in total. The van der Waals surface area contributed by atoms with Gasteiger partial charge in [0, 0.05) is 32.7 Å². The fourth-order valence-corrected chi connectivity index (χ4v) is 5.74. The Hall–Kier alpha value is -1.44. The Bertz CT molecular complexity index is 750. The van der Waals surface area contributed by atoms with Crippen LogP contribution in [0.2, 0.25) is 0 Å². The number of hydrogen-bond acceptors (Lipinski definition) is 4. The molecule has 1 atom stereocenters. The summed E-state index contributed by atoms with van der Waals surface area (Å²) in [4.78, 5) is 14.4. The predicted molar refractivity (Wildman–Crippen MR) is 111 cm³/mol. The van der Waals surface area contributed by atoms with E-state index in [-0.39, 0.29) is 11.9 Å². The van der Waals surface area contributed by atoms with Crippen LogP contribution in [0.5, 0.6) is 0 Å². The Labute approximate surface area is 169 Å². The number of rotatable bonds is 6. The number of likely N-dealkylation sites (N-methyl/N-ethyl adjacent to an activating group) is 1. The van der Waals surface area contributed by atoms with Crippen LogP contribution in [0.4, 0.5) is 0 Å². The molecule has 1 aromatic rings. The molecule has 2 aliphatic rings. The summed E-state index contributed by atoms with van der Waals surface area (Å²) >= 11 is 0. The molecule has 28 heavy (non-hydrogen) atoms. The summed E-state index contributed by atoms with van der Waals surface area (Å²) in [5.74, 6) is 0.571. The van der Waals surface area contributed by atoms with Crippen LogP contribution in [0.15, 0.2) is 29.2 Å². The van der Waals surface area contributed by atoms with E-state index in [4.69, 9.17) is 0 Å². The molecule has 1 heterocycles. The first kappa shape index (κ1) is 21.3. The third kappa shape index (κ3) is 4.75. The fraction of sp³-hybridized carbons (Fsp3) is 0.667. The van der Waals surface area contributed by atoms with Crippen molar-refractivity contribution in [1.29, 1.82) is 0 Å². The van der Waals surface area contributed by atoms with Crippen LogP contribution in [0.3, 0.4) is 0 Å². The van der Waals surface area contributed by atoms with Gasteiger partial charge in [-0.1, -0.05) is 31.4 Å². The van der Waals surface area contributed by atoms with Crippen LogP contribution >= 0.6 is 0 Å². The lowest BCUT2D eigenvalue weighted by Crippen LogP contribution is -2.54. The van der Waals surface area contributed by atoms with Crippen molar-refractivity contribution in [2.45, 2.75) is 62.8 Å². The van der Waals surface area contributed by atoms with Crippen molar-refractivity contribution in [3.05, 3.63) is 29.8 Å². The van der Waals surface area contributed by atoms with E-state index in [2.05, 4.69) is 5.32 Å². The SMILES string of the molecule is CCNC(=O)[C@H](C)N1CCN(S(=O)(=O)c2ccc(C3CCCCC3)cc2)CC1. The van der Waals surface area contributed by atoms with Crippen molar-refractivity contribution in [2.24, 2.45) is 0 Å². The maximum atomic E-state index is 13.0. The predicted octanol–water partition coefficient (Wildman–Crippen LogP) is 2.57. The highest BCUT2D eigenvalue weighted by Gasteiger charge is 2.31. The van der Waals surface area contributed by atoms with Crippen molar-refractivity contribution in [1.82, 2.24) is 14.5 Å². The smallest absolute Gasteiger partial charge is 0.243 e. The molecular weight excluding hydrogens is 374 g/mol. The van der Waals surface area contributed by atoms with Crippen LogP contribution in [0, 0.1) is 0 Å². The van der Waals surface area contributed by atoms with Gasteiger partial charge in [-0.2, -0.15) is 4.31 Å². The molecule has 0 aromatic heterocycles. The average molecular weight is 408 g/mol. The van der Waals surface area contributed by atoms with Gasteiger partial charge in [0.25, 0.3) is 0 Å². The first-order chi connectivity index (χ1) is 13.4. The van der Waals surface area contributed by atoms with E-state index < -0.39 is 10.0 Å². The number of amides is 1. The van der Waals surface area contributed by atoms with Crippen LogP contribution in [-0.2, 0) is 14.8 Å². The molecule has 3 rings (SSSR count). The summed E-state index contributed by atoms with van der Waals surface area (Å²) in [6, 6.07) is 7.29. The van der Waals surface area contributed by atoms with Gasteiger partial charge in [0.2, 0.25) is 15.9 Å². The highest BCUT2D eigenvalue weighted by atomic mass is 32.2.